The molecule has 0 saturated carbocycles. The molecule has 0 fully saturated rings. The zero-order valence-corrected chi connectivity index (χ0v) is 18.5. The van der Waals surface area contributed by atoms with E-state index in [1.54, 1.807) is 0 Å². The Kier molecular flexibility index (Phi) is 9.27. The number of carbonyl (C=O) groups is 2. The number of amides is 1. The van der Waals surface area contributed by atoms with Gasteiger partial charge in [-0.1, -0.05) is 73.3 Å². The fraction of sp³-hybridized carbons (Fsp3) is 0.364. The molecule has 8 heteroatoms. The maximum absolute atomic E-state index is 12.8. The number of carbonyl (C=O) groups excluding carboxylic acids is 2. The van der Waals surface area contributed by atoms with Crippen molar-refractivity contribution in [2.75, 3.05) is 19.0 Å². The third kappa shape index (κ3) is 6.28. The van der Waals surface area contributed by atoms with Gasteiger partial charge in [0.2, 0.25) is 0 Å². The molecule has 2 aromatic rings. The second-order valence-electron chi connectivity index (χ2n) is 6.82. The van der Waals surface area contributed by atoms with Gasteiger partial charge >= 0.3 is 5.97 Å². The fourth-order valence-electron chi connectivity index (χ4n) is 2.95. The molecule has 0 unspecified atom stereocenters. The molecule has 3 N–H and O–H groups in total. The molecule has 2 aromatic carbocycles. The molecule has 6 nitrogen and oxygen atoms in total. The van der Waals surface area contributed by atoms with Crippen molar-refractivity contribution >= 4 is 40.8 Å². The molecule has 0 aliphatic carbocycles. The largest absolute Gasteiger partial charge is 0.505 e. The highest BCUT2D eigenvalue weighted by Gasteiger charge is 2.26. The van der Waals surface area contributed by atoms with Crippen molar-refractivity contribution in [2.24, 2.45) is 0 Å². The maximum atomic E-state index is 12.8. The number of esters is 1. The molecule has 0 radical (unpaired) electrons. The summed E-state index contributed by atoms with van der Waals surface area (Å²) in [5.74, 6) is -1.68. The Morgan fingerprint density at radius 3 is 2.50 bits per heavy atom. The summed E-state index contributed by atoms with van der Waals surface area (Å²) in [5.41, 5.74) is 1.10. The number of unbranched alkanes of at least 4 members (excludes halogenated alkanes) is 2. The van der Waals surface area contributed by atoms with E-state index in [1.807, 2.05) is 30.3 Å². The lowest BCUT2D eigenvalue weighted by atomic mass is 10.0. The first-order valence-electron chi connectivity index (χ1n) is 9.76. The number of nitrogens with one attached hydrogen (secondary N) is 2. The van der Waals surface area contributed by atoms with E-state index in [9.17, 15) is 14.7 Å². The first-order chi connectivity index (χ1) is 14.4. The molecule has 0 aromatic heterocycles. The number of phenols is 1. The third-order valence-corrected chi connectivity index (χ3v) is 5.26. The van der Waals surface area contributed by atoms with E-state index >= 15 is 0 Å². The van der Waals surface area contributed by atoms with Crippen LogP contribution in [0.2, 0.25) is 10.0 Å². The maximum Gasteiger partial charge on any atom is 0.328 e. The van der Waals surface area contributed by atoms with E-state index in [2.05, 4.69) is 17.6 Å². The lowest BCUT2D eigenvalue weighted by Gasteiger charge is -2.18. The van der Waals surface area contributed by atoms with Crippen molar-refractivity contribution in [2.45, 2.75) is 38.6 Å². The molecule has 0 bridgehead atoms. The molecule has 0 aliphatic rings. The minimum Gasteiger partial charge on any atom is -0.505 e. The molecule has 1 atom stereocenters. The average Bonchev–Trinajstić information content (AvgIpc) is 2.75. The summed E-state index contributed by atoms with van der Waals surface area (Å²) >= 11 is 12.5. The van der Waals surface area contributed by atoms with Crippen LogP contribution < -0.4 is 10.6 Å². The number of methoxy groups -OCH3 is 1. The third-order valence-electron chi connectivity index (χ3n) is 4.59. The van der Waals surface area contributed by atoms with E-state index in [1.165, 1.54) is 13.2 Å². The van der Waals surface area contributed by atoms with Gasteiger partial charge in [0.15, 0.2) is 0 Å². The second-order valence-corrected chi connectivity index (χ2v) is 7.60. The Labute approximate surface area is 186 Å². The highest BCUT2D eigenvalue weighted by Crippen LogP contribution is 2.40. The molecule has 0 saturated heterocycles. The second kappa shape index (κ2) is 11.7. The van der Waals surface area contributed by atoms with Gasteiger partial charge < -0.3 is 20.5 Å². The lowest BCUT2D eigenvalue weighted by molar-refractivity contribution is -0.142. The van der Waals surface area contributed by atoms with Gasteiger partial charge in [-0.25, -0.2) is 4.79 Å². The van der Waals surface area contributed by atoms with Gasteiger partial charge in [0.25, 0.3) is 5.91 Å². The number of phenolic OH excluding ortho intramolecular Hbond substituents is 1. The van der Waals surface area contributed by atoms with Crippen LogP contribution in [-0.4, -0.2) is 36.7 Å². The van der Waals surface area contributed by atoms with E-state index in [0.717, 1.165) is 24.8 Å². The van der Waals surface area contributed by atoms with Gasteiger partial charge in [-0.15, -0.1) is 0 Å². The van der Waals surface area contributed by atoms with Crippen LogP contribution in [0.25, 0.3) is 0 Å². The zero-order valence-electron chi connectivity index (χ0n) is 17.0. The monoisotopic (exact) mass is 452 g/mol. The summed E-state index contributed by atoms with van der Waals surface area (Å²) in [4.78, 5) is 25.0. The first kappa shape index (κ1) is 23.8. The number of halogens is 2. The van der Waals surface area contributed by atoms with Crippen molar-refractivity contribution in [3.05, 3.63) is 57.6 Å². The summed E-state index contributed by atoms with van der Waals surface area (Å²) in [7, 11) is 1.25. The first-order valence-corrected chi connectivity index (χ1v) is 10.5. The number of rotatable bonds is 10. The molecule has 0 heterocycles. The minimum absolute atomic E-state index is 0.0400. The van der Waals surface area contributed by atoms with Crippen LogP contribution in [0.4, 0.5) is 5.69 Å². The quantitative estimate of drug-likeness (QED) is 0.355. The van der Waals surface area contributed by atoms with Crippen LogP contribution in [0, 0.1) is 0 Å². The molecular weight excluding hydrogens is 427 g/mol. The summed E-state index contributed by atoms with van der Waals surface area (Å²) in [6.07, 6.45) is 3.27. The van der Waals surface area contributed by atoms with Crippen molar-refractivity contribution < 1.29 is 19.4 Å². The Morgan fingerprint density at radius 1 is 1.17 bits per heavy atom. The topological polar surface area (TPSA) is 87.7 Å². The number of benzene rings is 2. The van der Waals surface area contributed by atoms with Gasteiger partial charge in [0, 0.05) is 13.0 Å². The zero-order chi connectivity index (χ0) is 22.1. The van der Waals surface area contributed by atoms with Crippen LogP contribution in [0.5, 0.6) is 5.75 Å². The molecule has 0 aliphatic heterocycles. The summed E-state index contributed by atoms with van der Waals surface area (Å²) in [6.45, 7) is 2.73. The van der Waals surface area contributed by atoms with Gasteiger partial charge in [-0.05, 0) is 18.1 Å². The lowest BCUT2D eigenvalue weighted by Crippen LogP contribution is -2.43. The van der Waals surface area contributed by atoms with E-state index in [0.29, 0.717) is 12.2 Å². The van der Waals surface area contributed by atoms with Crippen molar-refractivity contribution in [1.82, 2.24) is 5.32 Å². The standard InChI is InChI=1S/C22H26Cl2N2O4/c1-3-4-8-11-25-19-16(23)13-15(20(27)18(19)24)21(28)26-17(22(29)30-2)12-14-9-6-5-7-10-14/h5-7,9-10,13,17,25,27H,3-4,8,11-12H2,1-2H3,(H,26,28)/t17-/m0/s1. The smallest absolute Gasteiger partial charge is 0.328 e. The number of ether oxygens (including phenoxy) is 1. The predicted octanol–water partition coefficient (Wildman–Crippen LogP) is 4.82. The Hall–Kier alpha value is -2.44. The Morgan fingerprint density at radius 2 is 1.87 bits per heavy atom. The normalized spacial score (nSPS) is 11.6. The van der Waals surface area contributed by atoms with Gasteiger partial charge in [-0.3, -0.25) is 4.79 Å². The number of anilines is 1. The van der Waals surface area contributed by atoms with E-state index < -0.39 is 23.7 Å². The summed E-state index contributed by atoms with van der Waals surface area (Å²) in [5, 5.41) is 16.3. The number of hydrogen-bond donors (Lipinski definition) is 3. The SMILES string of the molecule is CCCCCNc1c(Cl)cc(C(=O)N[C@@H](Cc2ccccc2)C(=O)OC)c(O)c1Cl. The summed E-state index contributed by atoms with van der Waals surface area (Å²) < 4.78 is 4.80. The van der Waals surface area contributed by atoms with Crippen LogP contribution >= 0.6 is 23.2 Å². The number of aromatic hydroxyl groups is 1. The van der Waals surface area contributed by atoms with Gasteiger partial charge in [0.05, 0.1) is 23.4 Å². The molecule has 2 rings (SSSR count). The molecule has 30 heavy (non-hydrogen) atoms. The Balaban J connectivity index is 2.20. The average molecular weight is 453 g/mol. The van der Waals surface area contributed by atoms with Gasteiger partial charge in [0.1, 0.15) is 16.8 Å². The predicted molar refractivity (Wildman–Crippen MR) is 120 cm³/mol. The highest BCUT2D eigenvalue weighted by molar-refractivity contribution is 6.40. The van der Waals surface area contributed by atoms with Crippen LogP contribution in [-0.2, 0) is 16.0 Å². The van der Waals surface area contributed by atoms with Crippen LogP contribution in [0.1, 0.15) is 42.1 Å². The van der Waals surface area contributed by atoms with E-state index in [4.69, 9.17) is 27.9 Å². The van der Waals surface area contributed by atoms with Crippen LogP contribution in [0.15, 0.2) is 36.4 Å². The minimum atomic E-state index is -0.936. The Bertz CT molecular complexity index is 875. The molecule has 0 spiro atoms. The molecule has 1 amide bonds. The van der Waals surface area contributed by atoms with Crippen molar-refractivity contribution in [3.8, 4) is 5.75 Å². The highest BCUT2D eigenvalue weighted by atomic mass is 35.5. The van der Waals surface area contributed by atoms with Gasteiger partial charge in [-0.2, -0.15) is 0 Å². The molecule has 162 valence electrons. The fourth-order valence-corrected chi connectivity index (χ4v) is 3.54. The van der Waals surface area contributed by atoms with Crippen molar-refractivity contribution in [1.29, 1.82) is 0 Å². The van der Waals surface area contributed by atoms with E-state index in [-0.39, 0.29) is 22.0 Å². The summed E-state index contributed by atoms with van der Waals surface area (Å²) in [6, 6.07) is 9.60. The number of hydrogen-bond acceptors (Lipinski definition) is 5. The van der Waals surface area contributed by atoms with Crippen molar-refractivity contribution in [3.63, 3.8) is 0 Å². The molecular formula is C22H26Cl2N2O4. The van der Waals surface area contributed by atoms with Crippen LogP contribution in [0.3, 0.4) is 0 Å².